The van der Waals surface area contributed by atoms with Crippen molar-refractivity contribution in [2.24, 2.45) is 0 Å². The fraction of sp³-hybridized carbons (Fsp3) is 0.222. The standard InChI is InChI=1S/C18H17F2N3OS/c1-12(14-7-8-15(19)16(20)11-14)25-18-22-21-17(24)23(18)10-9-13-5-3-2-4-6-13/h2-8,11-12H,9-10H2,1H3,(H,21,24)/t12-/m1/s1. The van der Waals surface area contributed by atoms with E-state index >= 15 is 0 Å². The third-order valence-electron chi connectivity index (χ3n) is 3.89. The summed E-state index contributed by atoms with van der Waals surface area (Å²) >= 11 is 1.33. The molecule has 4 nitrogen and oxygen atoms in total. The maximum atomic E-state index is 13.4. The van der Waals surface area contributed by atoms with Crippen LogP contribution < -0.4 is 5.69 Å². The van der Waals surface area contributed by atoms with Crippen LogP contribution in [-0.4, -0.2) is 14.8 Å². The Kier molecular flexibility index (Phi) is 5.33. The third-order valence-corrected chi connectivity index (χ3v) is 5.03. The number of aromatic amines is 1. The summed E-state index contributed by atoms with van der Waals surface area (Å²) in [6.07, 6.45) is 0.702. The highest BCUT2D eigenvalue weighted by molar-refractivity contribution is 7.99. The van der Waals surface area contributed by atoms with Gasteiger partial charge in [0.1, 0.15) is 0 Å². The van der Waals surface area contributed by atoms with Gasteiger partial charge >= 0.3 is 5.69 Å². The average molecular weight is 361 g/mol. The first-order valence-electron chi connectivity index (χ1n) is 7.85. The average Bonchev–Trinajstić information content (AvgIpc) is 2.96. The quantitative estimate of drug-likeness (QED) is 0.677. The molecule has 0 radical (unpaired) electrons. The smallest absolute Gasteiger partial charge is 0.270 e. The number of thioether (sulfide) groups is 1. The van der Waals surface area contributed by atoms with E-state index in [1.54, 1.807) is 4.57 Å². The number of benzene rings is 2. The minimum Gasteiger partial charge on any atom is -0.270 e. The van der Waals surface area contributed by atoms with Gasteiger partial charge in [-0.2, -0.15) is 0 Å². The number of aromatic nitrogens is 3. The molecule has 0 fully saturated rings. The number of rotatable bonds is 6. The van der Waals surface area contributed by atoms with Gasteiger partial charge in [0.2, 0.25) is 0 Å². The van der Waals surface area contributed by atoms with E-state index in [0.29, 0.717) is 23.7 Å². The zero-order valence-corrected chi connectivity index (χ0v) is 14.4. The number of H-pyrrole nitrogens is 1. The first kappa shape index (κ1) is 17.4. The van der Waals surface area contributed by atoms with Crippen LogP contribution in [-0.2, 0) is 13.0 Å². The van der Waals surface area contributed by atoms with E-state index < -0.39 is 11.6 Å². The molecule has 25 heavy (non-hydrogen) atoms. The molecule has 7 heteroatoms. The van der Waals surface area contributed by atoms with Crippen molar-refractivity contribution in [1.29, 1.82) is 0 Å². The maximum absolute atomic E-state index is 13.4. The van der Waals surface area contributed by atoms with Crippen molar-refractivity contribution < 1.29 is 8.78 Å². The molecule has 0 aliphatic carbocycles. The van der Waals surface area contributed by atoms with E-state index in [9.17, 15) is 13.6 Å². The molecule has 0 aliphatic heterocycles. The summed E-state index contributed by atoms with van der Waals surface area (Å²) in [7, 11) is 0. The van der Waals surface area contributed by atoms with Crippen LogP contribution in [0.4, 0.5) is 8.78 Å². The lowest BCUT2D eigenvalue weighted by atomic mass is 10.1. The predicted octanol–water partition coefficient (Wildman–Crippen LogP) is 3.95. The molecular weight excluding hydrogens is 344 g/mol. The van der Waals surface area contributed by atoms with Crippen LogP contribution in [0.25, 0.3) is 0 Å². The van der Waals surface area contributed by atoms with Crippen molar-refractivity contribution in [2.75, 3.05) is 0 Å². The van der Waals surface area contributed by atoms with Crippen LogP contribution in [0.15, 0.2) is 58.5 Å². The summed E-state index contributed by atoms with van der Waals surface area (Å²) in [6.45, 7) is 2.35. The van der Waals surface area contributed by atoms with E-state index in [1.165, 1.54) is 23.9 Å². The molecule has 3 rings (SSSR count). The molecule has 0 unspecified atom stereocenters. The largest absolute Gasteiger partial charge is 0.343 e. The van der Waals surface area contributed by atoms with Gasteiger partial charge in [-0.3, -0.25) is 4.57 Å². The molecule has 0 amide bonds. The van der Waals surface area contributed by atoms with E-state index in [4.69, 9.17) is 0 Å². The van der Waals surface area contributed by atoms with Gasteiger partial charge in [-0.05, 0) is 36.6 Å². The minimum absolute atomic E-state index is 0.180. The van der Waals surface area contributed by atoms with Crippen LogP contribution in [0.1, 0.15) is 23.3 Å². The molecule has 1 atom stereocenters. The van der Waals surface area contributed by atoms with Gasteiger partial charge in [-0.1, -0.05) is 48.2 Å². The van der Waals surface area contributed by atoms with Gasteiger partial charge in [0.05, 0.1) is 0 Å². The summed E-state index contributed by atoms with van der Waals surface area (Å²) in [5.74, 6) is -1.76. The highest BCUT2D eigenvalue weighted by atomic mass is 32.2. The summed E-state index contributed by atoms with van der Waals surface area (Å²) < 4.78 is 28.0. The fourth-order valence-corrected chi connectivity index (χ4v) is 3.47. The van der Waals surface area contributed by atoms with Crippen LogP contribution in [0.3, 0.4) is 0 Å². The van der Waals surface area contributed by atoms with Crippen LogP contribution in [0.5, 0.6) is 0 Å². The second-order valence-electron chi connectivity index (χ2n) is 5.63. The SMILES string of the molecule is C[C@@H](Sc1n[nH]c(=O)n1CCc1ccccc1)c1ccc(F)c(F)c1. The van der Waals surface area contributed by atoms with Crippen molar-refractivity contribution in [3.63, 3.8) is 0 Å². The highest BCUT2D eigenvalue weighted by Crippen LogP contribution is 2.33. The predicted molar refractivity (Wildman–Crippen MR) is 93.6 cm³/mol. The number of aryl methyl sites for hydroxylation is 1. The monoisotopic (exact) mass is 361 g/mol. The second kappa shape index (κ2) is 7.65. The number of hydrogen-bond donors (Lipinski definition) is 1. The molecule has 0 saturated carbocycles. The van der Waals surface area contributed by atoms with Crippen molar-refractivity contribution >= 4 is 11.8 Å². The van der Waals surface area contributed by atoms with Gasteiger partial charge in [-0.25, -0.2) is 18.7 Å². The highest BCUT2D eigenvalue weighted by Gasteiger charge is 2.16. The molecule has 1 aromatic heterocycles. The second-order valence-corrected chi connectivity index (χ2v) is 6.94. The lowest BCUT2D eigenvalue weighted by Gasteiger charge is -2.12. The van der Waals surface area contributed by atoms with Gasteiger partial charge in [-0.15, -0.1) is 5.10 Å². The summed E-state index contributed by atoms with van der Waals surface area (Å²) in [5, 5.41) is 6.85. The molecular formula is C18H17F2N3OS. The molecule has 0 saturated heterocycles. The van der Waals surface area contributed by atoms with E-state index in [1.807, 2.05) is 37.3 Å². The molecule has 3 aromatic rings. The molecule has 130 valence electrons. The Morgan fingerprint density at radius 2 is 1.92 bits per heavy atom. The number of nitrogens with one attached hydrogen (secondary N) is 1. The van der Waals surface area contributed by atoms with Crippen LogP contribution in [0, 0.1) is 11.6 Å². The normalized spacial score (nSPS) is 12.3. The number of nitrogens with zero attached hydrogens (tertiary/aromatic N) is 2. The van der Waals surface area contributed by atoms with E-state index in [0.717, 1.165) is 11.6 Å². The van der Waals surface area contributed by atoms with Gasteiger partial charge in [0, 0.05) is 11.8 Å². The lowest BCUT2D eigenvalue weighted by molar-refractivity contribution is 0.507. The van der Waals surface area contributed by atoms with Crippen LogP contribution in [0.2, 0.25) is 0 Å². The van der Waals surface area contributed by atoms with Crippen molar-refractivity contribution in [3.05, 3.63) is 81.8 Å². The summed E-state index contributed by atoms with van der Waals surface area (Å²) in [5.41, 5.74) is 1.48. The lowest BCUT2D eigenvalue weighted by Crippen LogP contribution is -2.19. The maximum Gasteiger partial charge on any atom is 0.343 e. The Balaban J connectivity index is 1.74. The molecule has 2 aromatic carbocycles. The first-order valence-corrected chi connectivity index (χ1v) is 8.73. The Bertz CT molecular complexity index is 908. The Morgan fingerprint density at radius 1 is 1.16 bits per heavy atom. The van der Waals surface area contributed by atoms with Crippen molar-refractivity contribution in [1.82, 2.24) is 14.8 Å². The van der Waals surface area contributed by atoms with Crippen LogP contribution >= 0.6 is 11.8 Å². The zero-order chi connectivity index (χ0) is 17.8. The van der Waals surface area contributed by atoms with E-state index in [-0.39, 0.29) is 10.9 Å². The molecule has 0 spiro atoms. The summed E-state index contributed by atoms with van der Waals surface area (Å²) in [4.78, 5) is 12.0. The van der Waals surface area contributed by atoms with Gasteiger partial charge in [0.25, 0.3) is 0 Å². The molecule has 0 aliphatic rings. The molecule has 1 N–H and O–H groups in total. The van der Waals surface area contributed by atoms with Gasteiger partial charge < -0.3 is 0 Å². The van der Waals surface area contributed by atoms with Crippen molar-refractivity contribution in [3.8, 4) is 0 Å². The Hall–Kier alpha value is -2.41. The summed E-state index contributed by atoms with van der Waals surface area (Å²) in [6, 6.07) is 13.7. The third kappa shape index (κ3) is 4.17. The van der Waals surface area contributed by atoms with Gasteiger partial charge in [0.15, 0.2) is 16.8 Å². The molecule has 1 heterocycles. The Morgan fingerprint density at radius 3 is 2.64 bits per heavy atom. The Labute approximate surface area is 147 Å². The fourth-order valence-electron chi connectivity index (χ4n) is 2.47. The number of hydrogen-bond acceptors (Lipinski definition) is 3. The van der Waals surface area contributed by atoms with Crippen molar-refractivity contribution in [2.45, 2.75) is 30.3 Å². The zero-order valence-electron chi connectivity index (χ0n) is 13.6. The topological polar surface area (TPSA) is 50.7 Å². The van der Waals surface area contributed by atoms with E-state index in [2.05, 4.69) is 10.2 Å². The molecule has 0 bridgehead atoms. The minimum atomic E-state index is -0.881. The first-order chi connectivity index (χ1) is 12.0. The number of halogens is 2.